The minimum Gasteiger partial charge on any atom is -0.508 e. The highest BCUT2D eigenvalue weighted by molar-refractivity contribution is 7.98. The molecule has 32 heavy (non-hydrogen) atoms. The van der Waals surface area contributed by atoms with Crippen molar-refractivity contribution in [3.63, 3.8) is 0 Å². The summed E-state index contributed by atoms with van der Waals surface area (Å²) in [5.74, 6) is 0.553. The smallest absolute Gasteiger partial charge is 0.199 e. The number of halogens is 1. The molecule has 1 aromatic heterocycles. The van der Waals surface area contributed by atoms with Gasteiger partial charge in [-0.2, -0.15) is 0 Å². The summed E-state index contributed by atoms with van der Waals surface area (Å²) in [6, 6.07) is 26.6. The maximum Gasteiger partial charge on any atom is 0.199 e. The summed E-state index contributed by atoms with van der Waals surface area (Å²) in [5.41, 5.74) is 10.6. The first-order valence-corrected chi connectivity index (χ1v) is 11.1. The third-order valence-corrected chi connectivity index (χ3v) is 5.76. The molecule has 0 atom stereocenters. The van der Waals surface area contributed by atoms with E-state index in [4.69, 9.17) is 22.3 Å². The Bertz CT molecular complexity index is 1210. The van der Waals surface area contributed by atoms with Crippen LogP contribution in [0.25, 0.3) is 22.4 Å². The standard InChI is InChI=1S/C25H21ClN4OS/c26-20-10-6-19(7-11-20)24-23(18-8-12-21(31)13-9-18)14-17(15-28-24)16-29-25(27)30-32-22-4-2-1-3-5-22/h1-15,31H,16H2,(H3,27,29,30). The largest absolute Gasteiger partial charge is 0.508 e. The SMILES string of the molecule is NC(=NCc1cnc(-c2ccc(Cl)cc2)c(-c2ccc(O)cc2)c1)NSc1ccccc1. The molecule has 0 aliphatic rings. The van der Waals surface area contributed by atoms with Gasteiger partial charge in [0.25, 0.3) is 0 Å². The van der Waals surface area contributed by atoms with E-state index in [0.717, 1.165) is 32.8 Å². The molecule has 0 saturated carbocycles. The molecule has 0 aliphatic heterocycles. The summed E-state index contributed by atoms with van der Waals surface area (Å²) >= 11 is 7.46. The summed E-state index contributed by atoms with van der Waals surface area (Å²) in [4.78, 5) is 10.2. The fourth-order valence-electron chi connectivity index (χ4n) is 3.10. The number of aromatic hydroxyl groups is 1. The lowest BCUT2D eigenvalue weighted by molar-refractivity contribution is 0.475. The highest BCUT2D eigenvalue weighted by Gasteiger charge is 2.11. The lowest BCUT2D eigenvalue weighted by atomic mass is 9.98. The van der Waals surface area contributed by atoms with Crippen molar-refractivity contribution in [2.45, 2.75) is 11.4 Å². The van der Waals surface area contributed by atoms with Crippen molar-refractivity contribution in [3.8, 4) is 28.1 Å². The molecule has 160 valence electrons. The van der Waals surface area contributed by atoms with Crippen LogP contribution >= 0.6 is 23.5 Å². The molecule has 4 aromatic rings. The van der Waals surface area contributed by atoms with E-state index >= 15 is 0 Å². The molecular weight excluding hydrogens is 440 g/mol. The Morgan fingerprint density at radius 1 is 0.969 bits per heavy atom. The zero-order chi connectivity index (χ0) is 22.3. The van der Waals surface area contributed by atoms with Crippen LogP contribution in [0.4, 0.5) is 0 Å². The topological polar surface area (TPSA) is 83.5 Å². The van der Waals surface area contributed by atoms with Crippen molar-refractivity contribution >= 4 is 29.5 Å². The monoisotopic (exact) mass is 460 g/mol. The van der Waals surface area contributed by atoms with Crippen LogP contribution in [0.3, 0.4) is 0 Å². The number of nitrogens with zero attached hydrogens (tertiary/aromatic N) is 2. The molecule has 7 heteroatoms. The van der Waals surface area contributed by atoms with Crippen molar-refractivity contribution < 1.29 is 5.11 Å². The number of hydrogen-bond acceptors (Lipinski definition) is 4. The normalized spacial score (nSPS) is 11.3. The Hall–Kier alpha value is -3.48. The molecule has 0 fully saturated rings. The Balaban J connectivity index is 1.58. The van der Waals surface area contributed by atoms with Gasteiger partial charge in [0.15, 0.2) is 5.96 Å². The van der Waals surface area contributed by atoms with Gasteiger partial charge in [-0.25, -0.2) is 4.99 Å². The third kappa shape index (κ3) is 5.60. The van der Waals surface area contributed by atoms with Gasteiger partial charge in [0.05, 0.1) is 12.2 Å². The van der Waals surface area contributed by atoms with Crippen LogP contribution in [-0.2, 0) is 6.54 Å². The summed E-state index contributed by atoms with van der Waals surface area (Å²) in [7, 11) is 0. The summed E-state index contributed by atoms with van der Waals surface area (Å²) in [6.07, 6.45) is 1.80. The molecular formula is C25H21ClN4OS. The minimum atomic E-state index is 0.213. The zero-order valence-corrected chi connectivity index (χ0v) is 18.6. The molecule has 0 bridgehead atoms. The molecule has 4 N–H and O–H groups in total. The van der Waals surface area contributed by atoms with Crippen molar-refractivity contribution in [2.24, 2.45) is 10.7 Å². The number of nitrogens with two attached hydrogens (primary N) is 1. The van der Waals surface area contributed by atoms with Crippen LogP contribution in [0, 0.1) is 0 Å². The van der Waals surface area contributed by atoms with E-state index in [1.807, 2.05) is 72.8 Å². The average molecular weight is 461 g/mol. The zero-order valence-electron chi connectivity index (χ0n) is 17.1. The van der Waals surface area contributed by atoms with Gasteiger partial charge in [0.1, 0.15) is 5.75 Å². The Kier molecular flexibility index (Phi) is 6.94. The average Bonchev–Trinajstić information content (AvgIpc) is 2.83. The van der Waals surface area contributed by atoms with Gasteiger partial charge < -0.3 is 10.8 Å². The van der Waals surface area contributed by atoms with Gasteiger partial charge in [-0.15, -0.1) is 0 Å². The number of aliphatic imine (C=N–C) groups is 1. The number of benzene rings is 3. The van der Waals surface area contributed by atoms with Gasteiger partial charge in [-0.1, -0.05) is 54.1 Å². The Morgan fingerprint density at radius 2 is 1.66 bits per heavy atom. The van der Waals surface area contributed by atoms with Crippen LogP contribution in [0.15, 0.2) is 101 Å². The number of nitrogens with one attached hydrogen (secondary N) is 1. The van der Waals surface area contributed by atoms with E-state index in [1.54, 1.807) is 18.3 Å². The molecule has 3 aromatic carbocycles. The highest BCUT2D eigenvalue weighted by atomic mass is 35.5. The molecule has 0 aliphatic carbocycles. The highest BCUT2D eigenvalue weighted by Crippen LogP contribution is 2.32. The molecule has 5 nitrogen and oxygen atoms in total. The van der Waals surface area contributed by atoms with E-state index in [-0.39, 0.29) is 5.75 Å². The maximum atomic E-state index is 9.68. The Morgan fingerprint density at radius 3 is 2.38 bits per heavy atom. The van der Waals surface area contributed by atoms with Crippen molar-refractivity contribution in [1.29, 1.82) is 0 Å². The van der Waals surface area contributed by atoms with E-state index in [1.165, 1.54) is 11.9 Å². The predicted molar refractivity (Wildman–Crippen MR) is 133 cm³/mol. The van der Waals surface area contributed by atoms with E-state index < -0.39 is 0 Å². The van der Waals surface area contributed by atoms with E-state index in [0.29, 0.717) is 17.5 Å². The molecule has 4 rings (SSSR count). The van der Waals surface area contributed by atoms with E-state index in [2.05, 4.69) is 9.71 Å². The van der Waals surface area contributed by atoms with Crippen molar-refractivity contribution in [2.75, 3.05) is 0 Å². The first-order chi connectivity index (χ1) is 15.6. The second-order valence-electron chi connectivity index (χ2n) is 7.01. The second-order valence-corrected chi connectivity index (χ2v) is 8.33. The van der Waals surface area contributed by atoms with E-state index in [9.17, 15) is 5.11 Å². The quantitative estimate of drug-likeness (QED) is 0.190. The summed E-state index contributed by atoms with van der Waals surface area (Å²) in [6.45, 7) is 0.382. The summed E-state index contributed by atoms with van der Waals surface area (Å²) in [5, 5.41) is 10.4. The number of phenols is 1. The number of aromatic nitrogens is 1. The van der Waals surface area contributed by atoms with Gasteiger partial charge >= 0.3 is 0 Å². The van der Waals surface area contributed by atoms with Gasteiger partial charge in [-0.3, -0.25) is 9.71 Å². The van der Waals surface area contributed by atoms with Gasteiger partial charge in [0, 0.05) is 27.2 Å². The molecule has 1 heterocycles. The van der Waals surface area contributed by atoms with Crippen LogP contribution in [0.1, 0.15) is 5.56 Å². The summed E-state index contributed by atoms with van der Waals surface area (Å²) < 4.78 is 3.05. The molecule has 0 radical (unpaired) electrons. The predicted octanol–water partition coefficient (Wildman–Crippen LogP) is 5.89. The minimum absolute atomic E-state index is 0.213. The molecule has 0 amide bonds. The van der Waals surface area contributed by atoms with Crippen molar-refractivity contribution in [3.05, 3.63) is 102 Å². The fourth-order valence-corrected chi connectivity index (χ4v) is 3.81. The van der Waals surface area contributed by atoms with Crippen LogP contribution in [0.2, 0.25) is 5.02 Å². The second kappa shape index (κ2) is 10.2. The lowest BCUT2D eigenvalue weighted by Crippen LogP contribution is -2.25. The first kappa shape index (κ1) is 21.7. The van der Waals surface area contributed by atoms with Crippen molar-refractivity contribution in [1.82, 2.24) is 9.71 Å². The lowest BCUT2D eigenvalue weighted by Gasteiger charge is -2.12. The fraction of sp³-hybridized carbons (Fsp3) is 0.0400. The van der Waals surface area contributed by atoms with Crippen LogP contribution in [0.5, 0.6) is 5.75 Å². The van der Waals surface area contributed by atoms with Gasteiger partial charge in [0.2, 0.25) is 0 Å². The number of pyridine rings is 1. The third-order valence-electron chi connectivity index (χ3n) is 4.69. The molecule has 0 unspecified atom stereocenters. The number of rotatable bonds is 6. The first-order valence-electron chi connectivity index (χ1n) is 9.90. The maximum absolute atomic E-state index is 9.68. The van der Waals surface area contributed by atoms with Gasteiger partial charge in [-0.05, 0) is 65.5 Å². The number of phenolic OH excluding ortho intramolecular Hbond substituents is 1. The van der Waals surface area contributed by atoms with Crippen LogP contribution < -0.4 is 10.5 Å². The number of guanidine groups is 1. The molecule has 0 spiro atoms. The van der Waals surface area contributed by atoms with Crippen LogP contribution in [-0.4, -0.2) is 16.1 Å². The number of hydrogen-bond donors (Lipinski definition) is 3. The Labute approximate surface area is 196 Å². The molecule has 0 saturated heterocycles.